The van der Waals surface area contributed by atoms with Crippen molar-refractivity contribution >= 4 is 11.8 Å². The second-order valence-corrected chi connectivity index (χ2v) is 4.96. The van der Waals surface area contributed by atoms with Crippen molar-refractivity contribution in [1.82, 2.24) is 10.2 Å². The molecule has 1 aromatic carbocycles. The highest BCUT2D eigenvalue weighted by atomic mass is 19.1. The van der Waals surface area contributed by atoms with Crippen LogP contribution in [0.3, 0.4) is 0 Å². The summed E-state index contributed by atoms with van der Waals surface area (Å²) in [6, 6.07) is 6.52. The van der Waals surface area contributed by atoms with E-state index in [1.165, 1.54) is 6.07 Å². The Morgan fingerprint density at radius 2 is 2.10 bits per heavy atom. The molecule has 0 unspecified atom stereocenters. The number of amides is 2. The van der Waals surface area contributed by atoms with Crippen LogP contribution in [0.15, 0.2) is 24.3 Å². The molecule has 1 aliphatic heterocycles. The maximum atomic E-state index is 13.4. The van der Waals surface area contributed by atoms with Gasteiger partial charge < -0.3 is 10.2 Å². The molecule has 1 saturated heterocycles. The van der Waals surface area contributed by atoms with Crippen molar-refractivity contribution in [3.63, 3.8) is 0 Å². The van der Waals surface area contributed by atoms with E-state index >= 15 is 0 Å². The minimum atomic E-state index is -0.257. The number of halogens is 1. The smallest absolute Gasteiger partial charge is 0.239 e. The predicted molar refractivity (Wildman–Crippen MR) is 73.5 cm³/mol. The first-order valence-electron chi connectivity index (χ1n) is 6.94. The van der Waals surface area contributed by atoms with Gasteiger partial charge in [0.05, 0.1) is 6.54 Å². The average molecular weight is 278 g/mol. The minimum absolute atomic E-state index is 0.0421. The number of nitrogens with zero attached hydrogens (tertiary/aromatic N) is 1. The Hall–Kier alpha value is -1.91. The number of hydrogen-bond donors (Lipinski definition) is 1. The summed E-state index contributed by atoms with van der Waals surface area (Å²) in [6.07, 6.45) is 2.84. The van der Waals surface area contributed by atoms with E-state index in [0.29, 0.717) is 31.5 Å². The zero-order chi connectivity index (χ0) is 14.4. The van der Waals surface area contributed by atoms with Gasteiger partial charge in [0, 0.05) is 19.5 Å². The van der Waals surface area contributed by atoms with Crippen LogP contribution in [0.25, 0.3) is 0 Å². The topological polar surface area (TPSA) is 49.4 Å². The fourth-order valence-corrected chi connectivity index (χ4v) is 2.30. The first-order valence-corrected chi connectivity index (χ1v) is 6.94. The largest absolute Gasteiger partial charge is 0.354 e. The summed E-state index contributed by atoms with van der Waals surface area (Å²) in [5.74, 6) is -0.398. The van der Waals surface area contributed by atoms with Crippen molar-refractivity contribution in [3.05, 3.63) is 35.6 Å². The third kappa shape index (κ3) is 4.05. The summed E-state index contributed by atoms with van der Waals surface area (Å²) in [5.41, 5.74) is 0.585. The number of benzene rings is 1. The van der Waals surface area contributed by atoms with E-state index < -0.39 is 0 Å². The summed E-state index contributed by atoms with van der Waals surface area (Å²) in [4.78, 5) is 24.9. The molecule has 108 valence electrons. The average Bonchev–Trinajstić information content (AvgIpc) is 2.43. The Balaban J connectivity index is 1.72. The van der Waals surface area contributed by atoms with Crippen LogP contribution in [0.1, 0.15) is 24.8 Å². The van der Waals surface area contributed by atoms with E-state index in [-0.39, 0.29) is 24.2 Å². The first kappa shape index (κ1) is 14.5. The maximum Gasteiger partial charge on any atom is 0.239 e. The predicted octanol–water partition coefficient (Wildman–Crippen LogP) is 1.50. The normalized spacial score (nSPS) is 15.2. The van der Waals surface area contributed by atoms with Gasteiger partial charge in [0.15, 0.2) is 0 Å². The van der Waals surface area contributed by atoms with Crippen LogP contribution < -0.4 is 5.32 Å². The molecule has 20 heavy (non-hydrogen) atoms. The highest BCUT2D eigenvalue weighted by Crippen LogP contribution is 2.09. The zero-order valence-electron chi connectivity index (χ0n) is 11.4. The molecule has 1 heterocycles. The monoisotopic (exact) mass is 278 g/mol. The molecule has 1 aliphatic rings. The van der Waals surface area contributed by atoms with Crippen molar-refractivity contribution < 1.29 is 14.0 Å². The Morgan fingerprint density at radius 3 is 2.85 bits per heavy atom. The molecule has 0 saturated carbocycles. The number of rotatable bonds is 5. The Morgan fingerprint density at radius 1 is 1.30 bits per heavy atom. The van der Waals surface area contributed by atoms with Gasteiger partial charge in [0.25, 0.3) is 0 Å². The van der Waals surface area contributed by atoms with E-state index in [2.05, 4.69) is 5.32 Å². The molecule has 5 heteroatoms. The van der Waals surface area contributed by atoms with Crippen LogP contribution >= 0.6 is 0 Å². The number of piperidine rings is 1. The minimum Gasteiger partial charge on any atom is -0.354 e. The molecule has 0 radical (unpaired) electrons. The molecule has 0 aliphatic carbocycles. The van der Waals surface area contributed by atoms with Gasteiger partial charge in [-0.15, -0.1) is 0 Å². The number of carbonyl (C=O) groups excluding carboxylic acids is 2. The van der Waals surface area contributed by atoms with E-state index in [9.17, 15) is 14.0 Å². The quantitative estimate of drug-likeness (QED) is 0.887. The summed E-state index contributed by atoms with van der Waals surface area (Å²) < 4.78 is 13.4. The molecular weight excluding hydrogens is 259 g/mol. The Bertz CT molecular complexity index is 491. The molecule has 1 aromatic rings. The molecule has 0 atom stereocenters. The molecule has 1 N–H and O–H groups in total. The molecule has 2 amide bonds. The number of nitrogens with one attached hydrogen (secondary N) is 1. The number of carbonyl (C=O) groups is 2. The molecular formula is C15H19FN2O2. The van der Waals surface area contributed by atoms with E-state index in [4.69, 9.17) is 0 Å². The van der Waals surface area contributed by atoms with Gasteiger partial charge in [0.1, 0.15) is 5.82 Å². The highest BCUT2D eigenvalue weighted by Gasteiger charge is 2.20. The van der Waals surface area contributed by atoms with Gasteiger partial charge in [-0.3, -0.25) is 9.59 Å². The second kappa shape index (κ2) is 7.03. The summed E-state index contributed by atoms with van der Waals surface area (Å²) >= 11 is 0. The lowest BCUT2D eigenvalue weighted by atomic mass is 10.1. The second-order valence-electron chi connectivity index (χ2n) is 4.96. The van der Waals surface area contributed by atoms with Crippen molar-refractivity contribution in [2.75, 3.05) is 19.6 Å². The van der Waals surface area contributed by atoms with Crippen LogP contribution in [0.2, 0.25) is 0 Å². The lowest BCUT2D eigenvalue weighted by Gasteiger charge is -2.25. The number of likely N-dealkylation sites (tertiary alicyclic amines) is 1. The maximum absolute atomic E-state index is 13.4. The fourth-order valence-electron chi connectivity index (χ4n) is 2.30. The van der Waals surface area contributed by atoms with Gasteiger partial charge >= 0.3 is 0 Å². The first-order chi connectivity index (χ1) is 9.66. The molecule has 1 fully saturated rings. The Kier molecular flexibility index (Phi) is 5.09. The van der Waals surface area contributed by atoms with Crippen LogP contribution in [0.5, 0.6) is 0 Å². The van der Waals surface area contributed by atoms with Crippen molar-refractivity contribution in [2.24, 2.45) is 0 Å². The fraction of sp³-hybridized carbons (Fsp3) is 0.467. The summed E-state index contributed by atoms with van der Waals surface area (Å²) in [7, 11) is 0. The molecule has 2 rings (SSSR count). The van der Waals surface area contributed by atoms with Crippen molar-refractivity contribution in [3.8, 4) is 0 Å². The van der Waals surface area contributed by atoms with E-state index in [1.807, 2.05) is 0 Å². The van der Waals surface area contributed by atoms with Gasteiger partial charge in [-0.1, -0.05) is 18.2 Å². The molecule has 0 aromatic heterocycles. The molecule has 0 bridgehead atoms. The third-order valence-electron chi connectivity index (χ3n) is 3.43. The zero-order valence-corrected chi connectivity index (χ0v) is 11.4. The molecule has 0 spiro atoms. The SMILES string of the molecule is O=C(CN1CCCCC1=O)NCCc1ccccc1F. The highest BCUT2D eigenvalue weighted by molar-refractivity contribution is 5.85. The van der Waals surface area contributed by atoms with Gasteiger partial charge in [-0.2, -0.15) is 0 Å². The van der Waals surface area contributed by atoms with Crippen molar-refractivity contribution in [1.29, 1.82) is 0 Å². The van der Waals surface area contributed by atoms with Crippen molar-refractivity contribution in [2.45, 2.75) is 25.7 Å². The van der Waals surface area contributed by atoms with Gasteiger partial charge in [-0.25, -0.2) is 4.39 Å². The summed E-state index contributed by atoms with van der Waals surface area (Å²) in [6.45, 7) is 1.14. The van der Waals surface area contributed by atoms with Crippen LogP contribution in [-0.2, 0) is 16.0 Å². The molecule has 4 nitrogen and oxygen atoms in total. The van der Waals surface area contributed by atoms with E-state index in [1.54, 1.807) is 23.1 Å². The lowest BCUT2D eigenvalue weighted by molar-refractivity contribution is -0.137. The lowest BCUT2D eigenvalue weighted by Crippen LogP contribution is -2.43. The van der Waals surface area contributed by atoms with Crippen LogP contribution in [0.4, 0.5) is 4.39 Å². The van der Waals surface area contributed by atoms with Crippen LogP contribution in [0, 0.1) is 5.82 Å². The standard InChI is InChI=1S/C15H19FN2O2/c16-13-6-2-1-5-12(13)8-9-17-14(19)11-18-10-4-3-7-15(18)20/h1-2,5-6H,3-4,7-11H2,(H,17,19). The van der Waals surface area contributed by atoms with Gasteiger partial charge in [-0.05, 0) is 30.9 Å². The van der Waals surface area contributed by atoms with E-state index in [0.717, 1.165) is 12.8 Å². The Labute approximate surface area is 118 Å². The van der Waals surface area contributed by atoms with Crippen LogP contribution in [-0.4, -0.2) is 36.3 Å². The number of hydrogen-bond acceptors (Lipinski definition) is 2. The third-order valence-corrected chi connectivity index (χ3v) is 3.43. The van der Waals surface area contributed by atoms with Gasteiger partial charge in [0.2, 0.25) is 11.8 Å². The summed E-state index contributed by atoms with van der Waals surface area (Å²) in [5, 5.41) is 2.73.